The summed E-state index contributed by atoms with van der Waals surface area (Å²) in [6.07, 6.45) is -2.05. The van der Waals surface area contributed by atoms with Crippen molar-refractivity contribution in [3.8, 4) is 0 Å². The highest BCUT2D eigenvalue weighted by Crippen LogP contribution is 2.24. The second kappa shape index (κ2) is 13.0. The number of carbonyl (C=O) groups excluding carboxylic acids is 4. The van der Waals surface area contributed by atoms with Gasteiger partial charge in [-0.1, -0.05) is 78.0 Å². The van der Waals surface area contributed by atoms with Crippen molar-refractivity contribution in [1.82, 2.24) is 9.80 Å². The van der Waals surface area contributed by atoms with E-state index in [1.54, 1.807) is 48.5 Å². The highest BCUT2D eigenvalue weighted by molar-refractivity contribution is 6.10. The second-order valence-electron chi connectivity index (χ2n) is 11.6. The van der Waals surface area contributed by atoms with E-state index in [1.807, 2.05) is 41.5 Å². The van der Waals surface area contributed by atoms with Crippen LogP contribution in [0.4, 0.5) is 0 Å². The van der Waals surface area contributed by atoms with Crippen molar-refractivity contribution in [3.05, 3.63) is 96.1 Å². The van der Waals surface area contributed by atoms with Crippen LogP contribution in [-0.4, -0.2) is 68.9 Å². The van der Waals surface area contributed by atoms with Gasteiger partial charge in [-0.05, 0) is 46.2 Å². The van der Waals surface area contributed by atoms with Crippen LogP contribution < -0.4 is 0 Å². The van der Waals surface area contributed by atoms with Crippen LogP contribution in [0.25, 0.3) is 0 Å². The van der Waals surface area contributed by atoms with Crippen molar-refractivity contribution in [2.75, 3.05) is 13.1 Å². The van der Waals surface area contributed by atoms with Crippen molar-refractivity contribution < 1.29 is 29.4 Å². The van der Waals surface area contributed by atoms with E-state index in [0.717, 1.165) is 11.1 Å². The summed E-state index contributed by atoms with van der Waals surface area (Å²) in [5.41, 5.74) is 2.01. The van der Waals surface area contributed by atoms with Gasteiger partial charge in [0.15, 0.2) is 12.2 Å². The SMILES string of the molecule is C=CCN(C(=O)c1ccc(C(C)(C)C)cc1)C(=O)[C@H](O)[C@@H](O)C(=O)N(CC=C)C(=O)c1ccc(C(C)(C)C)cc1. The summed E-state index contributed by atoms with van der Waals surface area (Å²) in [4.78, 5) is 54.0. The van der Waals surface area contributed by atoms with E-state index >= 15 is 0 Å². The molecule has 40 heavy (non-hydrogen) atoms. The third-order valence-corrected chi connectivity index (χ3v) is 6.45. The number of benzene rings is 2. The molecule has 2 rings (SSSR count). The molecule has 0 unspecified atom stereocenters. The van der Waals surface area contributed by atoms with Gasteiger partial charge in [0.1, 0.15) is 0 Å². The van der Waals surface area contributed by atoms with Gasteiger partial charge >= 0.3 is 0 Å². The van der Waals surface area contributed by atoms with Crippen molar-refractivity contribution in [2.45, 2.75) is 64.6 Å². The lowest BCUT2D eigenvalue weighted by atomic mass is 9.86. The zero-order chi connectivity index (χ0) is 30.4. The molecule has 0 aliphatic rings. The topological polar surface area (TPSA) is 115 Å². The Morgan fingerprint density at radius 1 is 0.650 bits per heavy atom. The predicted octanol–water partition coefficient (Wildman–Crippen LogP) is 4.01. The molecule has 0 aliphatic heterocycles. The van der Waals surface area contributed by atoms with Crippen LogP contribution in [0.2, 0.25) is 0 Å². The zero-order valence-corrected chi connectivity index (χ0v) is 24.2. The Morgan fingerprint density at radius 2 is 0.925 bits per heavy atom. The number of hydrogen-bond acceptors (Lipinski definition) is 6. The molecule has 0 radical (unpaired) electrons. The molecular formula is C32H40N2O6. The first kappa shape index (κ1) is 32.3. The van der Waals surface area contributed by atoms with Crippen molar-refractivity contribution in [3.63, 3.8) is 0 Å². The Bertz CT molecular complexity index is 1150. The van der Waals surface area contributed by atoms with Gasteiger partial charge in [-0.2, -0.15) is 0 Å². The van der Waals surface area contributed by atoms with E-state index in [9.17, 15) is 29.4 Å². The van der Waals surface area contributed by atoms with Crippen molar-refractivity contribution in [1.29, 1.82) is 0 Å². The number of hydrogen-bond donors (Lipinski definition) is 2. The molecule has 0 aromatic heterocycles. The van der Waals surface area contributed by atoms with Crippen LogP contribution in [0.5, 0.6) is 0 Å². The summed E-state index contributed by atoms with van der Waals surface area (Å²) in [5, 5.41) is 21.4. The fourth-order valence-corrected chi connectivity index (χ4v) is 3.93. The molecule has 0 saturated heterocycles. The van der Waals surface area contributed by atoms with E-state index in [1.165, 1.54) is 12.2 Å². The summed E-state index contributed by atoms with van der Waals surface area (Å²) >= 11 is 0. The van der Waals surface area contributed by atoms with Crippen LogP contribution in [0.3, 0.4) is 0 Å². The molecular weight excluding hydrogens is 508 g/mol. The Balaban J connectivity index is 2.28. The maximum Gasteiger partial charge on any atom is 0.261 e. The molecule has 0 fully saturated rings. The number of nitrogens with zero attached hydrogens (tertiary/aromatic N) is 2. The number of amides is 4. The standard InChI is InChI=1S/C32H40N2O6/c1-9-19-33(27(37)21-11-15-23(16-12-21)31(3,4)5)29(39)25(35)26(36)30(40)34(20-10-2)28(38)22-13-17-24(18-14-22)32(6,7)8/h9-18,25-26,35-36H,1-2,19-20H2,3-8H3/t25-,26-/m1/s1. The van der Waals surface area contributed by atoms with Gasteiger partial charge in [-0.15, -0.1) is 13.2 Å². The van der Waals surface area contributed by atoms with Gasteiger partial charge in [0, 0.05) is 24.2 Å². The van der Waals surface area contributed by atoms with E-state index in [-0.39, 0.29) is 35.0 Å². The summed E-state index contributed by atoms with van der Waals surface area (Å²) in [6, 6.07) is 13.3. The fourth-order valence-electron chi connectivity index (χ4n) is 3.93. The smallest absolute Gasteiger partial charge is 0.261 e. The van der Waals surface area contributed by atoms with E-state index in [2.05, 4.69) is 13.2 Å². The van der Waals surface area contributed by atoms with E-state index in [0.29, 0.717) is 9.80 Å². The molecule has 2 N–H and O–H groups in total. The number of aliphatic hydroxyl groups excluding tert-OH is 2. The lowest BCUT2D eigenvalue weighted by molar-refractivity contribution is -0.154. The third kappa shape index (κ3) is 7.61. The Labute approximate surface area is 236 Å². The predicted molar refractivity (Wildman–Crippen MR) is 155 cm³/mol. The van der Waals surface area contributed by atoms with Crippen molar-refractivity contribution >= 4 is 23.6 Å². The van der Waals surface area contributed by atoms with Crippen LogP contribution in [0, 0.1) is 0 Å². The largest absolute Gasteiger partial charge is 0.380 e. The summed E-state index contributed by atoms with van der Waals surface area (Å²) in [6.45, 7) is 18.7. The van der Waals surface area contributed by atoms with E-state index in [4.69, 9.17) is 0 Å². The first-order chi connectivity index (χ1) is 18.5. The summed E-state index contributed by atoms with van der Waals surface area (Å²) < 4.78 is 0. The van der Waals surface area contributed by atoms with Crippen LogP contribution >= 0.6 is 0 Å². The molecule has 0 saturated carbocycles. The van der Waals surface area contributed by atoms with Crippen LogP contribution in [0.15, 0.2) is 73.8 Å². The fraction of sp³-hybridized carbons (Fsp3) is 0.375. The minimum atomic E-state index is -2.31. The van der Waals surface area contributed by atoms with Gasteiger partial charge in [-0.3, -0.25) is 29.0 Å². The van der Waals surface area contributed by atoms with Gasteiger partial charge in [0.25, 0.3) is 23.6 Å². The molecule has 0 spiro atoms. The molecule has 0 aliphatic carbocycles. The van der Waals surface area contributed by atoms with Gasteiger partial charge in [0.2, 0.25) is 0 Å². The minimum absolute atomic E-state index is 0.151. The Morgan fingerprint density at radius 3 is 1.15 bits per heavy atom. The molecule has 2 aromatic carbocycles. The minimum Gasteiger partial charge on any atom is -0.380 e. The number of imide groups is 2. The molecule has 4 amide bonds. The molecule has 8 heteroatoms. The average molecular weight is 549 g/mol. The monoisotopic (exact) mass is 548 g/mol. The maximum absolute atomic E-state index is 13.2. The Hall–Kier alpha value is -3.88. The first-order valence-electron chi connectivity index (χ1n) is 13.0. The van der Waals surface area contributed by atoms with Gasteiger partial charge < -0.3 is 10.2 Å². The molecule has 2 aromatic rings. The van der Waals surface area contributed by atoms with E-state index < -0.39 is 35.8 Å². The summed E-state index contributed by atoms with van der Waals surface area (Å²) in [5.74, 6) is -3.87. The highest BCUT2D eigenvalue weighted by Gasteiger charge is 2.39. The number of rotatable bonds is 9. The highest BCUT2D eigenvalue weighted by atomic mass is 16.3. The first-order valence-corrected chi connectivity index (χ1v) is 13.0. The Kier molecular flexibility index (Phi) is 10.5. The van der Waals surface area contributed by atoms with Crippen LogP contribution in [0.1, 0.15) is 73.4 Å². The normalized spacial score (nSPS) is 13.1. The average Bonchev–Trinajstić information content (AvgIpc) is 2.91. The lowest BCUT2D eigenvalue weighted by Crippen LogP contribution is -2.54. The number of aliphatic hydroxyl groups is 2. The van der Waals surface area contributed by atoms with Crippen LogP contribution in [-0.2, 0) is 20.4 Å². The molecule has 2 atom stereocenters. The molecule has 214 valence electrons. The van der Waals surface area contributed by atoms with Gasteiger partial charge in [0.05, 0.1) is 0 Å². The number of carbonyl (C=O) groups is 4. The molecule has 0 bridgehead atoms. The zero-order valence-electron chi connectivity index (χ0n) is 24.2. The molecule has 8 nitrogen and oxygen atoms in total. The lowest BCUT2D eigenvalue weighted by Gasteiger charge is -2.28. The third-order valence-electron chi connectivity index (χ3n) is 6.45. The quantitative estimate of drug-likeness (QED) is 0.458. The summed E-state index contributed by atoms with van der Waals surface area (Å²) in [7, 11) is 0. The second-order valence-corrected chi connectivity index (χ2v) is 11.6. The van der Waals surface area contributed by atoms with Crippen molar-refractivity contribution in [2.24, 2.45) is 0 Å². The molecule has 0 heterocycles. The maximum atomic E-state index is 13.2. The van der Waals surface area contributed by atoms with Gasteiger partial charge in [-0.25, -0.2) is 0 Å².